The second-order valence-corrected chi connectivity index (χ2v) is 10.0. The lowest BCUT2D eigenvalue weighted by Gasteiger charge is -2.33. The molecule has 1 atom stereocenters. The van der Waals surface area contributed by atoms with Crippen LogP contribution in [0.15, 0.2) is 53.4 Å². The number of hydrogen-bond acceptors (Lipinski definition) is 6. The van der Waals surface area contributed by atoms with E-state index in [2.05, 4.69) is 0 Å². The summed E-state index contributed by atoms with van der Waals surface area (Å²) in [5.41, 5.74) is 0.705. The summed E-state index contributed by atoms with van der Waals surface area (Å²) in [6.07, 6.45) is 1.48. The fourth-order valence-electron chi connectivity index (χ4n) is 3.73. The highest BCUT2D eigenvalue weighted by Gasteiger charge is 2.38. The summed E-state index contributed by atoms with van der Waals surface area (Å²) in [5.74, 6) is -1.98. The van der Waals surface area contributed by atoms with Gasteiger partial charge in [0.1, 0.15) is 11.9 Å². The second kappa shape index (κ2) is 10.9. The van der Waals surface area contributed by atoms with Gasteiger partial charge in [0.25, 0.3) is 5.91 Å². The van der Waals surface area contributed by atoms with Crippen molar-refractivity contribution in [2.24, 2.45) is 0 Å². The number of benzene rings is 2. The van der Waals surface area contributed by atoms with E-state index in [1.807, 2.05) is 0 Å². The van der Waals surface area contributed by atoms with Gasteiger partial charge in [-0.2, -0.15) is 4.31 Å². The van der Waals surface area contributed by atoms with Crippen molar-refractivity contribution in [3.8, 4) is 0 Å². The lowest BCUT2D eigenvalue weighted by Crippen LogP contribution is -2.49. The maximum atomic E-state index is 13.8. The van der Waals surface area contributed by atoms with E-state index in [-0.39, 0.29) is 30.2 Å². The van der Waals surface area contributed by atoms with E-state index in [1.165, 1.54) is 49.2 Å². The zero-order chi connectivity index (χ0) is 24.9. The predicted molar refractivity (Wildman–Crippen MR) is 122 cm³/mol. The molecule has 3 rings (SSSR count). The van der Waals surface area contributed by atoms with Crippen molar-refractivity contribution in [1.29, 1.82) is 0 Å². The minimum atomic E-state index is -4.01. The molecule has 8 nitrogen and oxygen atoms in total. The molecule has 2 aromatic carbocycles. The SMILES string of the molecule is CC(=O)c1ccc(S(=O)(=O)N2CCCCC2C(=O)OCC(=O)N(C)Cc2ccccc2F)cc1. The van der Waals surface area contributed by atoms with E-state index >= 15 is 0 Å². The third-order valence-corrected chi connectivity index (χ3v) is 7.64. The molecule has 0 spiro atoms. The first-order valence-electron chi connectivity index (χ1n) is 10.9. The van der Waals surface area contributed by atoms with Crippen molar-refractivity contribution in [3.63, 3.8) is 0 Å². The second-order valence-electron chi connectivity index (χ2n) is 8.16. The first-order chi connectivity index (χ1) is 16.1. The maximum Gasteiger partial charge on any atom is 0.324 e. The van der Waals surface area contributed by atoms with Crippen LogP contribution < -0.4 is 0 Å². The van der Waals surface area contributed by atoms with Gasteiger partial charge in [0.05, 0.1) is 4.90 Å². The Labute approximate surface area is 198 Å². The fourth-order valence-corrected chi connectivity index (χ4v) is 5.38. The summed E-state index contributed by atoms with van der Waals surface area (Å²) in [5, 5.41) is 0. The number of rotatable bonds is 8. The van der Waals surface area contributed by atoms with Crippen molar-refractivity contribution in [2.45, 2.75) is 43.7 Å². The number of esters is 1. The number of amides is 1. The lowest BCUT2D eigenvalue weighted by atomic mass is 10.1. The Hall–Kier alpha value is -3.11. The van der Waals surface area contributed by atoms with Crippen molar-refractivity contribution in [3.05, 3.63) is 65.5 Å². The smallest absolute Gasteiger partial charge is 0.324 e. The summed E-state index contributed by atoms with van der Waals surface area (Å²) in [6.45, 7) is 0.942. The zero-order valence-corrected chi connectivity index (χ0v) is 19.9. The van der Waals surface area contributed by atoms with Gasteiger partial charge in [-0.3, -0.25) is 14.4 Å². The number of ether oxygens (including phenoxy) is 1. The molecule has 1 fully saturated rings. The van der Waals surface area contributed by atoms with Crippen molar-refractivity contribution < 1.29 is 31.9 Å². The van der Waals surface area contributed by atoms with Crippen molar-refractivity contribution >= 4 is 27.7 Å². The van der Waals surface area contributed by atoms with Crippen LogP contribution in [-0.4, -0.2) is 61.5 Å². The Morgan fingerprint density at radius 1 is 1.09 bits per heavy atom. The Kier molecular flexibility index (Phi) is 8.16. The van der Waals surface area contributed by atoms with Gasteiger partial charge in [0.2, 0.25) is 10.0 Å². The number of sulfonamides is 1. The van der Waals surface area contributed by atoms with Crippen LogP contribution in [0.4, 0.5) is 4.39 Å². The average Bonchev–Trinajstić information content (AvgIpc) is 2.83. The van der Waals surface area contributed by atoms with Gasteiger partial charge in [-0.15, -0.1) is 0 Å². The first-order valence-corrected chi connectivity index (χ1v) is 12.3. The molecule has 1 unspecified atom stereocenters. The molecule has 0 aliphatic carbocycles. The summed E-state index contributed by atoms with van der Waals surface area (Å²) < 4.78 is 46.5. The number of ketones is 1. The molecule has 0 bridgehead atoms. The minimum absolute atomic E-state index is 0.00322. The number of piperidine rings is 1. The summed E-state index contributed by atoms with van der Waals surface area (Å²) in [4.78, 5) is 37.8. The maximum absolute atomic E-state index is 13.8. The molecule has 1 aliphatic rings. The highest BCUT2D eigenvalue weighted by atomic mass is 32.2. The van der Waals surface area contributed by atoms with Gasteiger partial charge >= 0.3 is 5.97 Å². The Morgan fingerprint density at radius 2 is 1.76 bits per heavy atom. The third kappa shape index (κ3) is 5.87. The summed E-state index contributed by atoms with van der Waals surface area (Å²) in [6, 6.07) is 10.5. The normalized spacial score (nSPS) is 16.6. The zero-order valence-electron chi connectivity index (χ0n) is 19.1. The molecule has 0 N–H and O–H groups in total. The van der Waals surface area contributed by atoms with E-state index in [0.29, 0.717) is 24.0 Å². The van der Waals surface area contributed by atoms with E-state index in [9.17, 15) is 27.2 Å². The standard InChI is InChI=1S/C24H27FN2O6S/c1-17(28)18-10-12-20(13-11-18)34(31,32)27-14-6-5-9-22(27)24(30)33-16-23(29)26(2)15-19-7-3-4-8-21(19)25/h3-4,7-8,10-13,22H,5-6,9,14-16H2,1-2H3. The summed E-state index contributed by atoms with van der Waals surface area (Å²) >= 11 is 0. The van der Waals surface area contributed by atoms with Gasteiger partial charge in [0, 0.05) is 31.3 Å². The number of carbonyl (C=O) groups excluding carboxylic acids is 3. The van der Waals surface area contributed by atoms with Crippen LogP contribution in [0.25, 0.3) is 0 Å². The number of hydrogen-bond donors (Lipinski definition) is 0. The quantitative estimate of drug-likeness (QED) is 0.417. The topological polar surface area (TPSA) is 101 Å². The lowest BCUT2D eigenvalue weighted by molar-refractivity contribution is -0.155. The number of likely N-dealkylation sites (N-methyl/N-ethyl adjacent to an activating group) is 1. The van der Waals surface area contributed by atoms with E-state index in [0.717, 1.165) is 4.31 Å². The van der Waals surface area contributed by atoms with Crippen LogP contribution in [-0.2, 0) is 30.9 Å². The molecule has 2 aromatic rings. The molecule has 34 heavy (non-hydrogen) atoms. The highest BCUT2D eigenvalue weighted by molar-refractivity contribution is 7.89. The van der Waals surface area contributed by atoms with Crippen LogP contribution in [0.3, 0.4) is 0 Å². The highest BCUT2D eigenvalue weighted by Crippen LogP contribution is 2.26. The van der Waals surface area contributed by atoms with E-state index < -0.39 is 40.4 Å². The van der Waals surface area contributed by atoms with Crippen LogP contribution >= 0.6 is 0 Å². The number of Topliss-reactive ketones (excluding diaryl/α,β-unsaturated/α-hetero) is 1. The molecule has 1 aliphatic heterocycles. The largest absolute Gasteiger partial charge is 0.454 e. The molecule has 182 valence electrons. The minimum Gasteiger partial charge on any atom is -0.454 e. The van der Waals surface area contributed by atoms with Gasteiger partial charge in [0.15, 0.2) is 12.4 Å². The molecule has 10 heteroatoms. The van der Waals surface area contributed by atoms with Crippen LogP contribution in [0, 0.1) is 5.82 Å². The molecular formula is C24H27FN2O6S. The monoisotopic (exact) mass is 490 g/mol. The van der Waals surface area contributed by atoms with Crippen molar-refractivity contribution in [1.82, 2.24) is 9.21 Å². The average molecular weight is 491 g/mol. The van der Waals surface area contributed by atoms with Crippen LogP contribution in [0.2, 0.25) is 0 Å². The van der Waals surface area contributed by atoms with Gasteiger partial charge in [-0.05, 0) is 44.4 Å². The van der Waals surface area contributed by atoms with Crippen molar-refractivity contribution in [2.75, 3.05) is 20.2 Å². The molecular weight excluding hydrogens is 463 g/mol. The van der Waals surface area contributed by atoms with E-state index in [1.54, 1.807) is 18.2 Å². The van der Waals surface area contributed by atoms with Gasteiger partial charge in [-0.1, -0.05) is 30.3 Å². The van der Waals surface area contributed by atoms with E-state index in [4.69, 9.17) is 4.74 Å². The van der Waals surface area contributed by atoms with Crippen LogP contribution in [0.1, 0.15) is 42.1 Å². The van der Waals surface area contributed by atoms with Crippen LogP contribution in [0.5, 0.6) is 0 Å². The Morgan fingerprint density at radius 3 is 2.41 bits per heavy atom. The molecule has 1 heterocycles. The molecule has 1 saturated heterocycles. The number of carbonyl (C=O) groups is 3. The van der Waals surface area contributed by atoms with Gasteiger partial charge in [-0.25, -0.2) is 12.8 Å². The molecule has 0 aromatic heterocycles. The number of halogens is 1. The fraction of sp³-hybridized carbons (Fsp3) is 0.375. The number of nitrogens with zero attached hydrogens (tertiary/aromatic N) is 2. The third-order valence-electron chi connectivity index (χ3n) is 5.72. The molecule has 1 amide bonds. The first kappa shape index (κ1) is 25.5. The predicted octanol–water partition coefficient (Wildman–Crippen LogP) is 2.77. The molecule has 0 saturated carbocycles. The Bertz CT molecular complexity index is 1170. The van der Waals surface area contributed by atoms with Gasteiger partial charge < -0.3 is 9.64 Å². The summed E-state index contributed by atoms with van der Waals surface area (Å²) in [7, 11) is -2.55. The Balaban J connectivity index is 1.66. The molecule has 0 radical (unpaired) electrons.